The van der Waals surface area contributed by atoms with Crippen LogP contribution < -0.4 is 10.2 Å². The van der Waals surface area contributed by atoms with Crippen LogP contribution >= 0.6 is 0 Å². The van der Waals surface area contributed by atoms with Crippen molar-refractivity contribution in [2.45, 2.75) is 6.42 Å². The molecule has 4 rings (SSSR count). The number of aliphatic hydroxyl groups is 1. The summed E-state index contributed by atoms with van der Waals surface area (Å²) >= 11 is 0. The molecule has 0 saturated carbocycles. The number of rotatable bonds is 7. The van der Waals surface area contributed by atoms with Crippen LogP contribution in [0.5, 0.6) is 0 Å². The van der Waals surface area contributed by atoms with E-state index in [1.54, 1.807) is 6.08 Å². The number of amides is 1. The Balaban J connectivity index is 1.56. The number of likely N-dealkylation sites (N-methyl/N-ethyl adjacent to an activating group) is 1. The number of carbonyl (C=O) groups is 1. The highest BCUT2D eigenvalue weighted by Crippen LogP contribution is 2.29. The summed E-state index contributed by atoms with van der Waals surface area (Å²) in [5.41, 5.74) is 4.16. The normalized spacial score (nSPS) is 14.9. The summed E-state index contributed by atoms with van der Waals surface area (Å²) < 4.78 is 1.98. The topological polar surface area (TPSA) is 84.5 Å². The van der Waals surface area contributed by atoms with E-state index in [1.807, 2.05) is 29.8 Å². The first kappa shape index (κ1) is 23.6. The van der Waals surface area contributed by atoms with Crippen molar-refractivity contribution in [3.05, 3.63) is 59.8 Å². The number of carbonyl (C=O) groups excluding carboxylic acids is 1. The molecule has 0 unspecified atom stereocenters. The highest BCUT2D eigenvalue weighted by atomic mass is 16.3. The van der Waals surface area contributed by atoms with Crippen LogP contribution in [0.4, 0.5) is 5.69 Å². The van der Waals surface area contributed by atoms with Gasteiger partial charge in [-0.15, -0.1) is 0 Å². The largest absolute Gasteiger partial charge is 0.396 e. The van der Waals surface area contributed by atoms with Crippen molar-refractivity contribution < 1.29 is 9.90 Å². The molecule has 1 aromatic heterocycles. The monoisotopic (exact) mass is 457 g/mol. The lowest BCUT2D eigenvalue weighted by Crippen LogP contribution is -2.44. The molecule has 34 heavy (non-hydrogen) atoms. The molecule has 1 aliphatic heterocycles. The summed E-state index contributed by atoms with van der Waals surface area (Å²) in [6.07, 6.45) is 2.05. The maximum Gasteiger partial charge on any atom is 0.262 e. The van der Waals surface area contributed by atoms with E-state index < -0.39 is 5.91 Å². The number of anilines is 1. The van der Waals surface area contributed by atoms with E-state index in [9.17, 15) is 10.1 Å². The molecule has 3 aromatic rings. The summed E-state index contributed by atoms with van der Waals surface area (Å²) in [5.74, 6) is -0.430. The first-order valence-corrected chi connectivity index (χ1v) is 11.6. The number of hydrogen-bond acceptors (Lipinski definition) is 5. The summed E-state index contributed by atoms with van der Waals surface area (Å²) in [7, 11) is 4.10. The SMILES string of the molecule is CN1CCN(c2ccc3cc(-c4ccc(/C=C(\C#N)C(=O)NCCCO)n4C)ccc3c2)CC1. The summed E-state index contributed by atoms with van der Waals surface area (Å²) in [6.45, 7) is 4.59. The number of nitrogens with one attached hydrogen (secondary N) is 1. The molecule has 2 N–H and O–H groups in total. The Morgan fingerprint density at radius 1 is 1.06 bits per heavy atom. The van der Waals surface area contributed by atoms with Gasteiger partial charge in [0, 0.05) is 63.5 Å². The lowest BCUT2D eigenvalue weighted by molar-refractivity contribution is -0.117. The fourth-order valence-corrected chi connectivity index (χ4v) is 4.29. The van der Waals surface area contributed by atoms with Gasteiger partial charge < -0.3 is 24.8 Å². The van der Waals surface area contributed by atoms with Gasteiger partial charge >= 0.3 is 0 Å². The highest BCUT2D eigenvalue weighted by Gasteiger charge is 2.15. The van der Waals surface area contributed by atoms with Crippen molar-refractivity contribution in [1.82, 2.24) is 14.8 Å². The van der Waals surface area contributed by atoms with E-state index in [0.29, 0.717) is 13.0 Å². The third kappa shape index (κ3) is 5.14. The summed E-state index contributed by atoms with van der Waals surface area (Å²) in [6, 6.07) is 19.0. The molecule has 7 nitrogen and oxygen atoms in total. The van der Waals surface area contributed by atoms with Gasteiger partial charge in [-0.2, -0.15) is 5.26 Å². The Morgan fingerprint density at radius 3 is 2.53 bits per heavy atom. The van der Waals surface area contributed by atoms with Crippen LogP contribution in [0, 0.1) is 11.3 Å². The summed E-state index contributed by atoms with van der Waals surface area (Å²) in [4.78, 5) is 17.0. The minimum absolute atomic E-state index is 0.00399. The predicted octanol–water partition coefficient (Wildman–Crippen LogP) is 3.00. The lowest BCUT2D eigenvalue weighted by atomic mass is 10.0. The molecule has 7 heteroatoms. The van der Waals surface area contributed by atoms with E-state index in [-0.39, 0.29) is 12.2 Å². The molecule has 1 fully saturated rings. The Kier molecular flexibility index (Phi) is 7.31. The van der Waals surface area contributed by atoms with Gasteiger partial charge in [0.1, 0.15) is 11.6 Å². The number of nitriles is 1. The highest BCUT2D eigenvalue weighted by molar-refractivity contribution is 6.01. The Labute approximate surface area is 200 Å². The van der Waals surface area contributed by atoms with Gasteiger partial charge in [-0.25, -0.2) is 0 Å². The van der Waals surface area contributed by atoms with Crippen LogP contribution in [0.3, 0.4) is 0 Å². The smallest absolute Gasteiger partial charge is 0.262 e. The number of nitrogens with zero attached hydrogens (tertiary/aromatic N) is 4. The fourth-order valence-electron chi connectivity index (χ4n) is 4.29. The second kappa shape index (κ2) is 10.6. The zero-order valence-electron chi connectivity index (χ0n) is 19.8. The molecule has 2 heterocycles. The van der Waals surface area contributed by atoms with Crippen LogP contribution in [-0.2, 0) is 11.8 Å². The van der Waals surface area contributed by atoms with Crippen LogP contribution in [0.15, 0.2) is 54.1 Å². The first-order chi connectivity index (χ1) is 16.5. The second-order valence-corrected chi connectivity index (χ2v) is 8.74. The average molecular weight is 458 g/mol. The van der Waals surface area contributed by atoms with Crippen LogP contribution in [0.2, 0.25) is 0 Å². The predicted molar refractivity (Wildman–Crippen MR) is 136 cm³/mol. The van der Waals surface area contributed by atoms with Crippen molar-refractivity contribution in [2.75, 3.05) is 51.3 Å². The molecule has 0 bridgehead atoms. The number of benzene rings is 2. The van der Waals surface area contributed by atoms with Crippen LogP contribution in [0.25, 0.3) is 28.1 Å². The third-order valence-electron chi connectivity index (χ3n) is 6.43. The Bertz CT molecular complexity index is 1250. The number of aromatic nitrogens is 1. The van der Waals surface area contributed by atoms with Gasteiger partial charge in [0.25, 0.3) is 5.91 Å². The van der Waals surface area contributed by atoms with E-state index in [2.05, 4.69) is 58.6 Å². The van der Waals surface area contributed by atoms with Crippen molar-refractivity contribution in [3.63, 3.8) is 0 Å². The maximum absolute atomic E-state index is 12.2. The second-order valence-electron chi connectivity index (χ2n) is 8.74. The zero-order valence-corrected chi connectivity index (χ0v) is 19.8. The van der Waals surface area contributed by atoms with E-state index in [1.165, 1.54) is 16.5 Å². The van der Waals surface area contributed by atoms with Crippen LogP contribution in [-0.4, -0.2) is 66.9 Å². The molecule has 0 radical (unpaired) electrons. The molecule has 0 spiro atoms. The van der Waals surface area contributed by atoms with E-state index in [4.69, 9.17) is 5.11 Å². The molecule has 1 saturated heterocycles. The molecule has 1 amide bonds. The molecule has 0 aliphatic carbocycles. The number of aliphatic hydroxyl groups excluding tert-OH is 1. The Morgan fingerprint density at radius 2 is 1.79 bits per heavy atom. The van der Waals surface area contributed by atoms with E-state index >= 15 is 0 Å². The molecule has 1 aliphatic rings. The van der Waals surface area contributed by atoms with Crippen molar-refractivity contribution >= 4 is 28.4 Å². The molecule has 2 aromatic carbocycles. The fraction of sp³-hybridized carbons (Fsp3) is 0.333. The Hall–Kier alpha value is -3.60. The lowest BCUT2D eigenvalue weighted by Gasteiger charge is -2.34. The maximum atomic E-state index is 12.2. The van der Waals surface area contributed by atoms with Gasteiger partial charge in [-0.05, 0) is 66.2 Å². The van der Waals surface area contributed by atoms with Crippen molar-refractivity contribution in [3.8, 4) is 17.3 Å². The van der Waals surface area contributed by atoms with Gasteiger partial charge in [-0.1, -0.05) is 18.2 Å². The molecular formula is C27H31N5O2. The molecule has 0 atom stereocenters. The zero-order chi connectivity index (χ0) is 24.1. The van der Waals surface area contributed by atoms with Crippen molar-refractivity contribution in [1.29, 1.82) is 5.26 Å². The van der Waals surface area contributed by atoms with Crippen molar-refractivity contribution in [2.24, 2.45) is 7.05 Å². The standard InChI is InChI=1S/C27H31N5O2/c1-30-11-13-32(14-12-30)25-7-6-20-16-22(5-4-21(20)17-25)26-9-8-24(31(26)2)18-23(19-28)27(34)29-10-3-15-33/h4-9,16-18,33H,3,10-15H2,1-2H3,(H,29,34)/b23-18+. The average Bonchev–Trinajstić information content (AvgIpc) is 3.22. The van der Waals surface area contributed by atoms with Gasteiger partial charge in [0.15, 0.2) is 0 Å². The van der Waals surface area contributed by atoms with Gasteiger partial charge in [0.2, 0.25) is 0 Å². The van der Waals surface area contributed by atoms with Gasteiger partial charge in [0.05, 0.1) is 0 Å². The van der Waals surface area contributed by atoms with E-state index in [0.717, 1.165) is 43.1 Å². The third-order valence-corrected chi connectivity index (χ3v) is 6.43. The number of hydrogen-bond donors (Lipinski definition) is 2. The minimum atomic E-state index is -0.430. The number of fused-ring (bicyclic) bond motifs is 1. The quantitative estimate of drug-likeness (QED) is 0.324. The summed E-state index contributed by atoms with van der Waals surface area (Å²) in [5, 5.41) is 23.3. The molecule has 176 valence electrons. The first-order valence-electron chi connectivity index (χ1n) is 11.6. The minimum Gasteiger partial charge on any atom is -0.396 e. The molecular weight excluding hydrogens is 426 g/mol. The van der Waals surface area contributed by atoms with Gasteiger partial charge in [-0.3, -0.25) is 4.79 Å². The number of piperazine rings is 1. The van der Waals surface area contributed by atoms with Crippen LogP contribution in [0.1, 0.15) is 12.1 Å².